The van der Waals surface area contributed by atoms with Crippen molar-refractivity contribution in [3.63, 3.8) is 0 Å². The van der Waals surface area contributed by atoms with Crippen LogP contribution in [-0.4, -0.2) is 44.7 Å². The number of ether oxygens (including phenoxy) is 1. The molecule has 1 aromatic heterocycles. The fourth-order valence-corrected chi connectivity index (χ4v) is 2.92. The van der Waals surface area contributed by atoms with Crippen molar-refractivity contribution >= 4 is 17.3 Å². The number of aliphatic imine (C=N–C) groups is 1. The lowest BCUT2D eigenvalue weighted by atomic mass is 10.2. The highest BCUT2D eigenvalue weighted by Crippen LogP contribution is 2.09. The van der Waals surface area contributed by atoms with Crippen LogP contribution in [0.5, 0.6) is 0 Å². The van der Waals surface area contributed by atoms with Gasteiger partial charge >= 0.3 is 0 Å². The molecule has 0 fully saturated rings. The van der Waals surface area contributed by atoms with Crippen LogP contribution in [0, 0.1) is 0 Å². The summed E-state index contributed by atoms with van der Waals surface area (Å²) in [5, 5.41) is 5.46. The maximum Gasteiger partial charge on any atom is 0.193 e. The van der Waals surface area contributed by atoms with Gasteiger partial charge in [0.2, 0.25) is 0 Å². The Hall–Kier alpha value is -1.85. The van der Waals surface area contributed by atoms with Crippen LogP contribution in [-0.2, 0) is 17.8 Å². The minimum Gasteiger partial charge on any atom is -0.375 e. The molecule has 0 atom stereocenters. The number of rotatable bonds is 8. The van der Waals surface area contributed by atoms with E-state index in [0.29, 0.717) is 13.2 Å². The number of nitrogens with zero attached hydrogens (tertiary/aromatic N) is 2. The van der Waals surface area contributed by atoms with E-state index in [-0.39, 0.29) is 0 Å². The highest BCUT2D eigenvalue weighted by atomic mass is 32.1. The summed E-state index contributed by atoms with van der Waals surface area (Å²) < 4.78 is 5.68. The van der Waals surface area contributed by atoms with Crippen molar-refractivity contribution in [2.75, 3.05) is 33.8 Å². The summed E-state index contributed by atoms with van der Waals surface area (Å²) in [7, 11) is 3.88. The predicted octanol–water partition coefficient (Wildman–Crippen LogP) is 3.01. The van der Waals surface area contributed by atoms with E-state index in [2.05, 4.69) is 51.9 Å². The first-order valence-electron chi connectivity index (χ1n) is 7.85. The normalized spacial score (nSPS) is 11.5. The van der Waals surface area contributed by atoms with Crippen molar-refractivity contribution < 1.29 is 4.74 Å². The molecular formula is C18H25N3OS. The molecule has 0 aliphatic heterocycles. The van der Waals surface area contributed by atoms with Gasteiger partial charge in [-0.1, -0.05) is 36.4 Å². The Kier molecular flexibility index (Phi) is 7.63. The zero-order valence-electron chi connectivity index (χ0n) is 13.9. The molecule has 0 amide bonds. The van der Waals surface area contributed by atoms with Crippen molar-refractivity contribution in [1.82, 2.24) is 10.2 Å². The third-order valence-electron chi connectivity index (χ3n) is 3.49. The molecule has 0 radical (unpaired) electrons. The van der Waals surface area contributed by atoms with E-state index in [1.807, 2.05) is 25.2 Å². The molecule has 0 unspecified atom stereocenters. The number of thiophene rings is 1. The molecule has 0 aliphatic carbocycles. The number of hydrogen-bond donors (Lipinski definition) is 1. The van der Waals surface area contributed by atoms with Gasteiger partial charge in [-0.15, -0.1) is 11.3 Å². The van der Waals surface area contributed by atoms with Gasteiger partial charge in [0, 0.05) is 32.1 Å². The molecule has 5 heteroatoms. The summed E-state index contributed by atoms with van der Waals surface area (Å²) in [6.07, 6.45) is 1.04. The van der Waals surface area contributed by atoms with Crippen molar-refractivity contribution in [1.29, 1.82) is 0 Å². The van der Waals surface area contributed by atoms with Crippen LogP contribution in [0.3, 0.4) is 0 Å². The number of benzene rings is 1. The Labute approximate surface area is 142 Å². The lowest BCUT2D eigenvalue weighted by molar-refractivity contribution is 0.125. The Morgan fingerprint density at radius 2 is 2.04 bits per heavy atom. The summed E-state index contributed by atoms with van der Waals surface area (Å²) in [6.45, 7) is 3.01. The zero-order chi connectivity index (χ0) is 16.3. The SMILES string of the molecule is CN=C(NCCOCc1ccccc1)N(C)CCc1cccs1. The van der Waals surface area contributed by atoms with Gasteiger partial charge in [0.25, 0.3) is 0 Å². The van der Waals surface area contributed by atoms with Gasteiger partial charge in [0.15, 0.2) is 5.96 Å². The number of nitrogens with one attached hydrogen (secondary N) is 1. The second-order valence-electron chi connectivity index (χ2n) is 5.26. The van der Waals surface area contributed by atoms with Crippen LogP contribution in [0.15, 0.2) is 52.8 Å². The van der Waals surface area contributed by atoms with E-state index in [0.717, 1.165) is 25.5 Å². The lowest BCUT2D eigenvalue weighted by Crippen LogP contribution is -2.41. The van der Waals surface area contributed by atoms with Crippen LogP contribution in [0.1, 0.15) is 10.4 Å². The van der Waals surface area contributed by atoms with Crippen molar-refractivity contribution in [2.45, 2.75) is 13.0 Å². The number of guanidine groups is 1. The standard InChI is InChI=1S/C18H25N3OS/c1-19-18(21(2)12-10-17-9-6-14-23-17)20-11-13-22-15-16-7-4-3-5-8-16/h3-9,14H,10-13,15H2,1-2H3,(H,19,20). The fourth-order valence-electron chi connectivity index (χ4n) is 2.22. The topological polar surface area (TPSA) is 36.9 Å². The quantitative estimate of drug-likeness (QED) is 0.459. The Balaban J connectivity index is 1.62. The first kappa shape index (κ1) is 17.5. The summed E-state index contributed by atoms with van der Waals surface area (Å²) in [6, 6.07) is 14.5. The van der Waals surface area contributed by atoms with Crippen LogP contribution in [0.2, 0.25) is 0 Å². The van der Waals surface area contributed by atoms with Gasteiger partial charge in [0.1, 0.15) is 0 Å². The molecule has 1 aromatic carbocycles. The van der Waals surface area contributed by atoms with E-state index in [1.165, 1.54) is 10.4 Å². The second-order valence-corrected chi connectivity index (χ2v) is 6.30. The van der Waals surface area contributed by atoms with Crippen molar-refractivity contribution in [2.24, 2.45) is 4.99 Å². The van der Waals surface area contributed by atoms with E-state index < -0.39 is 0 Å². The summed E-state index contributed by atoms with van der Waals surface area (Å²) in [5.74, 6) is 0.907. The highest BCUT2D eigenvalue weighted by Gasteiger charge is 2.05. The molecule has 0 bridgehead atoms. The molecule has 1 N–H and O–H groups in total. The largest absolute Gasteiger partial charge is 0.375 e. The third kappa shape index (κ3) is 6.42. The minimum atomic E-state index is 0.648. The first-order chi connectivity index (χ1) is 11.3. The molecule has 0 spiro atoms. The van der Waals surface area contributed by atoms with Crippen LogP contribution in [0.4, 0.5) is 0 Å². The van der Waals surface area contributed by atoms with E-state index in [9.17, 15) is 0 Å². The molecule has 1 heterocycles. The lowest BCUT2D eigenvalue weighted by Gasteiger charge is -2.21. The maximum absolute atomic E-state index is 5.68. The summed E-state index contributed by atoms with van der Waals surface area (Å²) >= 11 is 1.80. The predicted molar refractivity (Wildman–Crippen MR) is 98.1 cm³/mol. The zero-order valence-corrected chi connectivity index (χ0v) is 14.7. The minimum absolute atomic E-state index is 0.648. The fraction of sp³-hybridized carbons (Fsp3) is 0.389. The van der Waals surface area contributed by atoms with Gasteiger partial charge in [-0.2, -0.15) is 0 Å². The van der Waals surface area contributed by atoms with Crippen molar-refractivity contribution in [3.05, 3.63) is 58.3 Å². The monoisotopic (exact) mass is 331 g/mol. The molecule has 23 heavy (non-hydrogen) atoms. The third-order valence-corrected chi connectivity index (χ3v) is 4.42. The van der Waals surface area contributed by atoms with E-state index in [1.54, 1.807) is 11.3 Å². The van der Waals surface area contributed by atoms with Gasteiger partial charge in [-0.25, -0.2) is 0 Å². The van der Waals surface area contributed by atoms with Crippen LogP contribution in [0.25, 0.3) is 0 Å². The Morgan fingerprint density at radius 3 is 2.74 bits per heavy atom. The Bertz CT molecular complexity index is 569. The molecule has 4 nitrogen and oxygen atoms in total. The van der Waals surface area contributed by atoms with Gasteiger partial charge in [0.05, 0.1) is 13.2 Å². The smallest absolute Gasteiger partial charge is 0.193 e. The molecular weight excluding hydrogens is 306 g/mol. The first-order valence-corrected chi connectivity index (χ1v) is 8.73. The molecule has 0 saturated carbocycles. The van der Waals surface area contributed by atoms with Crippen LogP contribution < -0.4 is 5.32 Å². The highest BCUT2D eigenvalue weighted by molar-refractivity contribution is 7.09. The molecule has 124 valence electrons. The second kappa shape index (κ2) is 10.0. The van der Waals surface area contributed by atoms with Gasteiger partial charge < -0.3 is 15.0 Å². The Morgan fingerprint density at radius 1 is 1.22 bits per heavy atom. The van der Waals surface area contributed by atoms with Gasteiger partial charge in [-0.3, -0.25) is 4.99 Å². The summed E-state index contributed by atoms with van der Waals surface area (Å²) in [5.41, 5.74) is 1.20. The number of likely N-dealkylation sites (N-methyl/N-ethyl adjacent to an activating group) is 1. The number of hydrogen-bond acceptors (Lipinski definition) is 3. The van der Waals surface area contributed by atoms with Gasteiger partial charge in [-0.05, 0) is 23.4 Å². The summed E-state index contributed by atoms with van der Waals surface area (Å²) in [4.78, 5) is 7.87. The molecule has 2 aromatic rings. The van der Waals surface area contributed by atoms with E-state index in [4.69, 9.17) is 4.74 Å². The maximum atomic E-state index is 5.68. The molecule has 0 aliphatic rings. The van der Waals surface area contributed by atoms with Crippen LogP contribution >= 0.6 is 11.3 Å². The average Bonchev–Trinajstić information content (AvgIpc) is 3.10. The molecule has 2 rings (SSSR count). The van der Waals surface area contributed by atoms with Crippen molar-refractivity contribution in [3.8, 4) is 0 Å². The average molecular weight is 331 g/mol. The molecule has 0 saturated heterocycles. The van der Waals surface area contributed by atoms with E-state index >= 15 is 0 Å².